The van der Waals surface area contributed by atoms with Gasteiger partial charge in [-0.15, -0.1) is 0 Å². The molecule has 0 saturated heterocycles. The van der Waals surface area contributed by atoms with E-state index in [-0.39, 0.29) is 9.64 Å². The van der Waals surface area contributed by atoms with Crippen molar-refractivity contribution >= 4 is 37.7 Å². The molecule has 0 aliphatic carbocycles. The molecule has 0 heterocycles. The standard InChI is InChI=1S/C13H20BrNO3S2/c1-13(2,3)19-8-7-15-20(16,17)10-5-6-12(18-4)11(14)9-10/h5-6,9,15H,7-8H2,1-4H3. The van der Waals surface area contributed by atoms with Gasteiger partial charge in [0.25, 0.3) is 0 Å². The minimum Gasteiger partial charge on any atom is -0.496 e. The third kappa shape index (κ3) is 5.63. The highest BCUT2D eigenvalue weighted by atomic mass is 79.9. The van der Waals surface area contributed by atoms with Crippen LogP contribution in [-0.2, 0) is 10.0 Å². The molecular weight excluding hydrogens is 362 g/mol. The molecule has 7 heteroatoms. The Morgan fingerprint density at radius 1 is 1.35 bits per heavy atom. The van der Waals surface area contributed by atoms with Crippen LogP contribution in [0.4, 0.5) is 0 Å². The monoisotopic (exact) mass is 381 g/mol. The van der Waals surface area contributed by atoms with Crippen LogP contribution in [0.25, 0.3) is 0 Å². The Balaban J connectivity index is 2.67. The first kappa shape index (κ1) is 17.8. The van der Waals surface area contributed by atoms with Gasteiger partial charge < -0.3 is 4.74 Å². The fourth-order valence-electron chi connectivity index (χ4n) is 1.43. The molecule has 0 aromatic heterocycles. The predicted octanol–water partition coefficient (Wildman–Crippen LogP) is 3.27. The fourth-order valence-corrected chi connectivity index (χ4v) is 4.13. The first-order valence-electron chi connectivity index (χ1n) is 6.13. The van der Waals surface area contributed by atoms with Crippen molar-refractivity contribution < 1.29 is 13.2 Å². The van der Waals surface area contributed by atoms with Crippen LogP contribution in [0.2, 0.25) is 0 Å². The molecule has 114 valence electrons. The molecule has 1 aromatic carbocycles. The van der Waals surface area contributed by atoms with Gasteiger partial charge in [-0.2, -0.15) is 11.8 Å². The topological polar surface area (TPSA) is 55.4 Å². The maximum absolute atomic E-state index is 12.1. The molecule has 0 atom stereocenters. The van der Waals surface area contributed by atoms with E-state index in [1.54, 1.807) is 17.8 Å². The number of benzene rings is 1. The highest BCUT2D eigenvalue weighted by molar-refractivity contribution is 9.10. The number of methoxy groups -OCH3 is 1. The summed E-state index contributed by atoms with van der Waals surface area (Å²) in [7, 11) is -1.94. The minimum atomic E-state index is -3.47. The van der Waals surface area contributed by atoms with Crippen molar-refractivity contribution in [3.8, 4) is 5.75 Å². The second kappa shape index (κ2) is 7.15. The lowest BCUT2D eigenvalue weighted by molar-refractivity contribution is 0.411. The lowest BCUT2D eigenvalue weighted by Gasteiger charge is -2.17. The molecule has 0 amide bonds. The molecule has 0 spiro atoms. The van der Waals surface area contributed by atoms with Crippen LogP contribution in [0.1, 0.15) is 20.8 Å². The highest BCUT2D eigenvalue weighted by Gasteiger charge is 2.16. The van der Waals surface area contributed by atoms with Gasteiger partial charge in [0.1, 0.15) is 5.75 Å². The van der Waals surface area contributed by atoms with Crippen molar-refractivity contribution in [3.63, 3.8) is 0 Å². The van der Waals surface area contributed by atoms with E-state index in [0.717, 1.165) is 5.75 Å². The molecule has 4 nitrogen and oxygen atoms in total. The average Bonchev–Trinajstić information content (AvgIpc) is 2.33. The van der Waals surface area contributed by atoms with Crippen LogP contribution in [0, 0.1) is 0 Å². The Labute approximate surface area is 133 Å². The average molecular weight is 382 g/mol. The van der Waals surface area contributed by atoms with Crippen molar-refractivity contribution in [2.75, 3.05) is 19.4 Å². The van der Waals surface area contributed by atoms with Crippen LogP contribution in [0.15, 0.2) is 27.6 Å². The second-order valence-electron chi connectivity index (χ2n) is 5.15. The van der Waals surface area contributed by atoms with Crippen molar-refractivity contribution in [1.82, 2.24) is 4.72 Å². The Bertz CT molecular complexity index is 553. The molecule has 0 radical (unpaired) electrons. The predicted molar refractivity (Wildman–Crippen MR) is 88.1 cm³/mol. The second-order valence-corrected chi connectivity index (χ2v) is 9.70. The number of nitrogens with one attached hydrogen (secondary N) is 1. The van der Waals surface area contributed by atoms with Gasteiger partial charge in [-0.3, -0.25) is 0 Å². The largest absolute Gasteiger partial charge is 0.496 e. The quantitative estimate of drug-likeness (QED) is 0.768. The molecule has 0 bridgehead atoms. The maximum atomic E-state index is 12.1. The smallest absolute Gasteiger partial charge is 0.240 e. The van der Waals surface area contributed by atoms with Gasteiger partial charge in [-0.1, -0.05) is 20.8 Å². The number of hydrogen-bond donors (Lipinski definition) is 1. The van der Waals surface area contributed by atoms with Gasteiger partial charge >= 0.3 is 0 Å². The maximum Gasteiger partial charge on any atom is 0.240 e. The molecule has 0 aliphatic heterocycles. The Hall–Kier alpha value is -0.240. The molecule has 1 aromatic rings. The number of thioether (sulfide) groups is 1. The van der Waals surface area contributed by atoms with Crippen LogP contribution in [-0.4, -0.2) is 32.6 Å². The van der Waals surface area contributed by atoms with Gasteiger partial charge in [-0.25, -0.2) is 13.1 Å². The molecule has 1 rings (SSSR count). The van der Waals surface area contributed by atoms with Gasteiger partial charge in [-0.05, 0) is 34.1 Å². The lowest BCUT2D eigenvalue weighted by Crippen LogP contribution is -2.27. The third-order valence-electron chi connectivity index (χ3n) is 2.36. The lowest BCUT2D eigenvalue weighted by atomic mass is 10.3. The van der Waals surface area contributed by atoms with E-state index in [9.17, 15) is 8.42 Å². The van der Waals surface area contributed by atoms with Gasteiger partial charge in [0.05, 0.1) is 16.5 Å². The van der Waals surface area contributed by atoms with Crippen LogP contribution in [0.3, 0.4) is 0 Å². The SMILES string of the molecule is COc1ccc(S(=O)(=O)NCCSC(C)(C)C)cc1Br. The first-order chi connectivity index (χ1) is 9.15. The van der Waals surface area contributed by atoms with Crippen molar-refractivity contribution in [2.45, 2.75) is 30.4 Å². The minimum absolute atomic E-state index is 0.134. The number of sulfonamides is 1. The van der Waals surface area contributed by atoms with Crippen LogP contribution >= 0.6 is 27.7 Å². The summed E-state index contributed by atoms with van der Waals surface area (Å²) in [5, 5.41) is 0. The molecule has 1 N–H and O–H groups in total. The van der Waals surface area contributed by atoms with Gasteiger partial charge in [0.15, 0.2) is 0 Å². The summed E-state index contributed by atoms with van der Waals surface area (Å²) in [5.74, 6) is 1.34. The van der Waals surface area contributed by atoms with E-state index in [4.69, 9.17) is 4.74 Å². The Kier molecular flexibility index (Phi) is 6.37. The summed E-state index contributed by atoms with van der Waals surface area (Å²) in [5.41, 5.74) is 0. The van der Waals surface area contributed by atoms with E-state index in [1.165, 1.54) is 19.2 Å². The summed E-state index contributed by atoms with van der Waals surface area (Å²) < 4.78 is 32.7. The van der Waals surface area contributed by atoms with Crippen molar-refractivity contribution in [1.29, 1.82) is 0 Å². The number of hydrogen-bond acceptors (Lipinski definition) is 4. The summed E-state index contributed by atoms with van der Waals surface area (Å²) in [6, 6.07) is 4.70. The van der Waals surface area contributed by atoms with E-state index < -0.39 is 10.0 Å². The first-order valence-corrected chi connectivity index (χ1v) is 9.39. The van der Waals surface area contributed by atoms with E-state index in [1.807, 2.05) is 0 Å². The van der Waals surface area contributed by atoms with Crippen LogP contribution in [0.5, 0.6) is 5.75 Å². The van der Waals surface area contributed by atoms with Crippen molar-refractivity contribution in [2.24, 2.45) is 0 Å². The third-order valence-corrected chi connectivity index (χ3v) is 5.72. The molecular formula is C13H20BrNO3S2. The Morgan fingerprint density at radius 2 is 2.00 bits per heavy atom. The fraction of sp³-hybridized carbons (Fsp3) is 0.538. The van der Waals surface area contributed by atoms with Crippen molar-refractivity contribution in [3.05, 3.63) is 22.7 Å². The zero-order valence-corrected chi connectivity index (χ0v) is 15.3. The molecule has 0 saturated carbocycles. The normalized spacial score (nSPS) is 12.4. The summed E-state index contributed by atoms with van der Waals surface area (Å²) >= 11 is 5.01. The van der Waals surface area contributed by atoms with E-state index >= 15 is 0 Å². The zero-order valence-electron chi connectivity index (χ0n) is 12.1. The van der Waals surface area contributed by atoms with Gasteiger partial charge in [0, 0.05) is 17.0 Å². The zero-order chi connectivity index (χ0) is 15.4. The van der Waals surface area contributed by atoms with E-state index in [0.29, 0.717) is 16.8 Å². The summed E-state index contributed by atoms with van der Waals surface area (Å²) in [6.07, 6.45) is 0. The Morgan fingerprint density at radius 3 is 2.50 bits per heavy atom. The molecule has 20 heavy (non-hydrogen) atoms. The summed E-state index contributed by atoms with van der Waals surface area (Å²) in [6.45, 7) is 6.72. The summed E-state index contributed by atoms with van der Waals surface area (Å²) in [4.78, 5) is 0.228. The molecule has 0 fully saturated rings. The highest BCUT2D eigenvalue weighted by Crippen LogP contribution is 2.27. The van der Waals surface area contributed by atoms with Gasteiger partial charge in [0.2, 0.25) is 10.0 Å². The molecule has 0 aliphatic rings. The number of ether oxygens (including phenoxy) is 1. The number of rotatable bonds is 6. The molecule has 0 unspecified atom stereocenters. The number of halogens is 1. The van der Waals surface area contributed by atoms with E-state index in [2.05, 4.69) is 41.4 Å². The van der Waals surface area contributed by atoms with Crippen LogP contribution < -0.4 is 9.46 Å².